The number of aliphatic hydroxyl groups excluding tert-OH is 1. The number of carbonyl (C=O) groups is 2. The van der Waals surface area contributed by atoms with Crippen LogP contribution in [0.2, 0.25) is 0 Å². The van der Waals surface area contributed by atoms with Gasteiger partial charge in [-0.05, 0) is 62.1 Å². The van der Waals surface area contributed by atoms with Crippen molar-refractivity contribution in [3.63, 3.8) is 0 Å². The SMILES string of the molecule is CCOc1ccc2nc(N3C(=O)C(=O)C(=C(O)c4ccc(C)cc4)C3c3cccc(OCCC(C)C)c3)sc2c1. The van der Waals surface area contributed by atoms with E-state index in [1.165, 1.54) is 16.2 Å². The van der Waals surface area contributed by atoms with Gasteiger partial charge < -0.3 is 14.6 Å². The molecule has 0 radical (unpaired) electrons. The Labute approximate surface area is 237 Å². The summed E-state index contributed by atoms with van der Waals surface area (Å²) < 4.78 is 12.5. The summed E-state index contributed by atoms with van der Waals surface area (Å²) in [5.41, 5.74) is 2.82. The van der Waals surface area contributed by atoms with Crippen molar-refractivity contribution in [3.05, 3.63) is 89.0 Å². The van der Waals surface area contributed by atoms with E-state index in [1.54, 1.807) is 12.1 Å². The fourth-order valence-corrected chi connectivity index (χ4v) is 5.67. The lowest BCUT2D eigenvalue weighted by atomic mass is 9.95. The molecule has 1 amide bonds. The zero-order valence-electron chi connectivity index (χ0n) is 23.0. The van der Waals surface area contributed by atoms with Crippen LogP contribution in [0, 0.1) is 12.8 Å². The highest BCUT2D eigenvalue weighted by Gasteiger charge is 2.48. The van der Waals surface area contributed by atoms with Crippen molar-refractivity contribution < 1.29 is 24.2 Å². The molecule has 1 unspecified atom stereocenters. The second-order valence-electron chi connectivity index (χ2n) is 10.2. The lowest BCUT2D eigenvalue weighted by molar-refractivity contribution is -0.132. The van der Waals surface area contributed by atoms with Crippen molar-refractivity contribution in [3.8, 4) is 11.5 Å². The van der Waals surface area contributed by atoms with Crippen LogP contribution in [-0.2, 0) is 9.59 Å². The molecule has 1 N–H and O–H groups in total. The lowest BCUT2D eigenvalue weighted by Crippen LogP contribution is -2.29. The normalized spacial score (nSPS) is 16.7. The molecule has 3 aromatic carbocycles. The number of nitrogens with zero attached hydrogens (tertiary/aromatic N) is 2. The van der Waals surface area contributed by atoms with E-state index < -0.39 is 17.7 Å². The first-order valence-electron chi connectivity index (χ1n) is 13.4. The molecular formula is C32H32N2O5S. The van der Waals surface area contributed by atoms with Gasteiger partial charge in [0.2, 0.25) is 0 Å². The van der Waals surface area contributed by atoms with Gasteiger partial charge in [-0.2, -0.15) is 0 Å². The number of aromatic nitrogens is 1. The molecule has 5 rings (SSSR count). The zero-order valence-corrected chi connectivity index (χ0v) is 23.8. The van der Waals surface area contributed by atoms with Gasteiger partial charge >= 0.3 is 5.91 Å². The predicted octanol–water partition coefficient (Wildman–Crippen LogP) is 7.05. The minimum absolute atomic E-state index is 0.0162. The average Bonchev–Trinajstić information content (AvgIpc) is 3.46. The van der Waals surface area contributed by atoms with Crippen LogP contribution in [0.15, 0.2) is 72.3 Å². The van der Waals surface area contributed by atoms with Gasteiger partial charge in [0, 0.05) is 5.56 Å². The molecule has 206 valence electrons. The number of thiazole rings is 1. The number of ketones is 1. The monoisotopic (exact) mass is 556 g/mol. The number of carbonyl (C=O) groups excluding carboxylic acids is 2. The van der Waals surface area contributed by atoms with Gasteiger partial charge in [-0.3, -0.25) is 14.5 Å². The number of fused-ring (bicyclic) bond motifs is 1. The molecule has 1 fully saturated rings. The molecule has 1 saturated heterocycles. The van der Waals surface area contributed by atoms with E-state index in [0.717, 1.165) is 16.7 Å². The van der Waals surface area contributed by atoms with Crippen LogP contribution in [0.4, 0.5) is 5.13 Å². The highest BCUT2D eigenvalue weighted by atomic mass is 32.1. The summed E-state index contributed by atoms with van der Waals surface area (Å²) in [6.45, 7) is 9.19. The van der Waals surface area contributed by atoms with Gasteiger partial charge in [0.1, 0.15) is 17.3 Å². The molecule has 4 aromatic rings. The average molecular weight is 557 g/mol. The van der Waals surface area contributed by atoms with Crippen LogP contribution < -0.4 is 14.4 Å². The Kier molecular flexibility index (Phi) is 7.89. The second kappa shape index (κ2) is 11.5. The van der Waals surface area contributed by atoms with E-state index in [-0.39, 0.29) is 11.3 Å². The molecule has 0 bridgehead atoms. The topological polar surface area (TPSA) is 89.0 Å². The minimum atomic E-state index is -0.887. The van der Waals surface area contributed by atoms with Crippen LogP contribution in [0.1, 0.15) is 49.9 Å². The standard InChI is InChI=1S/C32H32N2O5S/c1-5-38-24-13-14-25-26(18-24)40-32(33-25)34-28(22-7-6-8-23(17-22)39-16-15-19(2)3)27(30(36)31(34)37)29(35)21-11-9-20(4)10-12-21/h6-14,17-19,28,35H,5,15-16H2,1-4H3. The summed E-state index contributed by atoms with van der Waals surface area (Å²) in [6.07, 6.45) is 0.894. The van der Waals surface area contributed by atoms with E-state index in [2.05, 4.69) is 13.8 Å². The summed E-state index contributed by atoms with van der Waals surface area (Å²) >= 11 is 1.30. The lowest BCUT2D eigenvalue weighted by Gasteiger charge is -2.23. The number of Topliss-reactive ketones (excluding diaryl/α,β-unsaturated/α-hetero) is 1. The number of rotatable bonds is 9. The molecule has 0 aliphatic carbocycles. The summed E-state index contributed by atoms with van der Waals surface area (Å²) in [6, 6.07) is 19.2. The first kappa shape index (κ1) is 27.4. The van der Waals surface area contributed by atoms with Gasteiger partial charge in [-0.15, -0.1) is 0 Å². The van der Waals surface area contributed by atoms with Gasteiger partial charge in [-0.25, -0.2) is 4.98 Å². The maximum atomic E-state index is 13.6. The molecule has 0 saturated carbocycles. The maximum absolute atomic E-state index is 13.6. The molecule has 1 atom stereocenters. The molecule has 1 aliphatic heterocycles. The Hall–Kier alpha value is -4.17. The number of hydrogen-bond acceptors (Lipinski definition) is 7. The van der Waals surface area contributed by atoms with Gasteiger partial charge in [0.05, 0.1) is 35.0 Å². The highest BCUT2D eigenvalue weighted by Crippen LogP contribution is 2.45. The molecule has 8 heteroatoms. The van der Waals surface area contributed by atoms with Crippen molar-refractivity contribution in [2.75, 3.05) is 18.1 Å². The van der Waals surface area contributed by atoms with E-state index in [4.69, 9.17) is 14.5 Å². The zero-order chi connectivity index (χ0) is 28.4. The van der Waals surface area contributed by atoms with Crippen LogP contribution >= 0.6 is 11.3 Å². The molecule has 0 spiro atoms. The molecule has 1 aliphatic rings. The van der Waals surface area contributed by atoms with E-state index in [0.29, 0.717) is 52.4 Å². The number of aliphatic hydroxyl groups is 1. The third-order valence-corrected chi connectivity index (χ3v) is 7.79. The van der Waals surface area contributed by atoms with E-state index in [1.807, 2.05) is 68.4 Å². The Morgan fingerprint density at radius 2 is 1.77 bits per heavy atom. The van der Waals surface area contributed by atoms with Crippen LogP contribution in [0.5, 0.6) is 11.5 Å². The van der Waals surface area contributed by atoms with E-state index >= 15 is 0 Å². The molecule has 1 aromatic heterocycles. The maximum Gasteiger partial charge on any atom is 0.301 e. The van der Waals surface area contributed by atoms with Gasteiger partial charge in [0.25, 0.3) is 5.78 Å². The number of amides is 1. The Morgan fingerprint density at radius 1 is 1.02 bits per heavy atom. The predicted molar refractivity (Wildman–Crippen MR) is 158 cm³/mol. The van der Waals surface area contributed by atoms with Crippen molar-refractivity contribution >= 4 is 44.1 Å². The Morgan fingerprint density at radius 3 is 2.50 bits per heavy atom. The van der Waals surface area contributed by atoms with Crippen LogP contribution in [0.3, 0.4) is 0 Å². The number of ether oxygens (including phenoxy) is 2. The van der Waals surface area contributed by atoms with E-state index in [9.17, 15) is 14.7 Å². The number of hydrogen-bond donors (Lipinski definition) is 1. The van der Waals surface area contributed by atoms with Crippen molar-refractivity contribution in [1.29, 1.82) is 0 Å². The van der Waals surface area contributed by atoms with Gasteiger partial charge in [-0.1, -0.05) is 67.1 Å². The number of aryl methyl sites for hydroxylation is 1. The van der Waals surface area contributed by atoms with Gasteiger partial charge in [0.15, 0.2) is 5.13 Å². The van der Waals surface area contributed by atoms with Crippen LogP contribution in [-0.4, -0.2) is 35.0 Å². The Balaban J connectivity index is 1.64. The summed E-state index contributed by atoms with van der Waals surface area (Å²) in [4.78, 5) is 33.3. The third-order valence-electron chi connectivity index (χ3n) is 6.77. The fraction of sp³-hybridized carbons (Fsp3) is 0.281. The largest absolute Gasteiger partial charge is 0.507 e. The van der Waals surface area contributed by atoms with Crippen molar-refractivity contribution in [2.45, 2.75) is 40.2 Å². The van der Waals surface area contributed by atoms with Crippen molar-refractivity contribution in [2.24, 2.45) is 5.92 Å². The molecular weight excluding hydrogens is 524 g/mol. The quantitative estimate of drug-likeness (QED) is 0.135. The number of anilines is 1. The molecule has 40 heavy (non-hydrogen) atoms. The minimum Gasteiger partial charge on any atom is -0.507 e. The highest BCUT2D eigenvalue weighted by molar-refractivity contribution is 7.22. The molecule has 2 heterocycles. The Bertz CT molecular complexity index is 1590. The van der Waals surface area contributed by atoms with Crippen LogP contribution in [0.25, 0.3) is 16.0 Å². The molecule has 7 nitrogen and oxygen atoms in total. The summed E-state index contributed by atoms with van der Waals surface area (Å²) in [5, 5.41) is 11.8. The fourth-order valence-electron chi connectivity index (χ4n) is 4.65. The van der Waals surface area contributed by atoms with Crippen molar-refractivity contribution in [1.82, 2.24) is 4.98 Å². The number of benzene rings is 3. The third kappa shape index (κ3) is 5.45. The first-order valence-corrected chi connectivity index (χ1v) is 14.2. The summed E-state index contributed by atoms with van der Waals surface area (Å²) in [5.74, 6) is 0.0974. The smallest absolute Gasteiger partial charge is 0.301 e. The summed E-state index contributed by atoms with van der Waals surface area (Å²) in [7, 11) is 0. The second-order valence-corrected chi connectivity index (χ2v) is 11.2. The first-order chi connectivity index (χ1) is 19.3.